The lowest BCUT2D eigenvalue weighted by Gasteiger charge is -2.03. The number of hydrogen-bond acceptors (Lipinski definition) is 2. The molecule has 2 heteroatoms. The number of fused-ring (bicyclic) bond motifs is 1. The van der Waals surface area contributed by atoms with E-state index in [0.717, 1.165) is 36.1 Å². The zero-order valence-corrected chi connectivity index (χ0v) is 9.25. The van der Waals surface area contributed by atoms with Crippen LogP contribution in [0, 0.1) is 5.92 Å². The van der Waals surface area contributed by atoms with Gasteiger partial charge < -0.3 is 4.74 Å². The molecule has 1 aliphatic rings. The van der Waals surface area contributed by atoms with Crippen molar-refractivity contribution >= 4 is 5.78 Å². The molecule has 1 aromatic carbocycles. The first kappa shape index (κ1) is 10.2. The first-order chi connectivity index (χ1) is 7.26. The second-order valence-corrected chi connectivity index (χ2v) is 4.08. The van der Waals surface area contributed by atoms with E-state index < -0.39 is 0 Å². The summed E-state index contributed by atoms with van der Waals surface area (Å²) in [6.07, 6.45) is 2.95. The van der Waals surface area contributed by atoms with Crippen molar-refractivity contribution in [1.29, 1.82) is 0 Å². The Balaban J connectivity index is 2.28. The van der Waals surface area contributed by atoms with Crippen LogP contribution >= 0.6 is 0 Å². The molecule has 0 saturated heterocycles. The largest absolute Gasteiger partial charge is 0.497 e. The monoisotopic (exact) mass is 204 g/mol. The van der Waals surface area contributed by atoms with Gasteiger partial charge in [0, 0.05) is 11.5 Å². The lowest BCUT2D eigenvalue weighted by molar-refractivity contribution is 0.0930. The summed E-state index contributed by atoms with van der Waals surface area (Å²) in [5.74, 6) is 1.37. The first-order valence-corrected chi connectivity index (χ1v) is 5.47. The Hall–Kier alpha value is -1.31. The number of rotatable bonds is 3. The van der Waals surface area contributed by atoms with Crippen molar-refractivity contribution in [3.05, 3.63) is 29.3 Å². The minimum Gasteiger partial charge on any atom is -0.497 e. The highest BCUT2D eigenvalue weighted by Crippen LogP contribution is 2.31. The highest BCUT2D eigenvalue weighted by Gasteiger charge is 2.29. The van der Waals surface area contributed by atoms with Gasteiger partial charge in [0.1, 0.15) is 5.75 Å². The molecule has 0 amide bonds. The fraction of sp³-hybridized carbons (Fsp3) is 0.462. The van der Waals surface area contributed by atoms with Gasteiger partial charge in [0.25, 0.3) is 0 Å². The van der Waals surface area contributed by atoms with Gasteiger partial charge >= 0.3 is 0 Å². The van der Waals surface area contributed by atoms with Crippen LogP contribution in [0.3, 0.4) is 0 Å². The van der Waals surface area contributed by atoms with Crippen LogP contribution in [-0.2, 0) is 6.42 Å². The van der Waals surface area contributed by atoms with Gasteiger partial charge in [-0.15, -0.1) is 0 Å². The van der Waals surface area contributed by atoms with Gasteiger partial charge in [0.2, 0.25) is 0 Å². The summed E-state index contributed by atoms with van der Waals surface area (Å²) in [7, 11) is 1.65. The summed E-state index contributed by atoms with van der Waals surface area (Å²) in [5.41, 5.74) is 2.05. The van der Waals surface area contributed by atoms with Gasteiger partial charge in [-0.1, -0.05) is 13.3 Å². The maximum Gasteiger partial charge on any atom is 0.166 e. The van der Waals surface area contributed by atoms with Crippen molar-refractivity contribution in [3.8, 4) is 5.75 Å². The maximum atomic E-state index is 11.9. The Labute approximate surface area is 90.3 Å². The molecule has 80 valence electrons. The van der Waals surface area contributed by atoms with Crippen molar-refractivity contribution in [2.75, 3.05) is 7.11 Å². The third kappa shape index (κ3) is 1.76. The van der Waals surface area contributed by atoms with Crippen LogP contribution < -0.4 is 4.74 Å². The number of ketones is 1. The number of Topliss-reactive ketones (excluding diaryl/α,β-unsaturated/α-hetero) is 1. The molecule has 15 heavy (non-hydrogen) atoms. The Bertz CT molecular complexity index is 382. The maximum absolute atomic E-state index is 11.9. The highest BCUT2D eigenvalue weighted by atomic mass is 16.5. The topological polar surface area (TPSA) is 26.3 Å². The van der Waals surface area contributed by atoms with Crippen LogP contribution in [0.1, 0.15) is 35.7 Å². The van der Waals surface area contributed by atoms with Gasteiger partial charge in [-0.3, -0.25) is 4.79 Å². The molecule has 0 radical (unpaired) electrons. The van der Waals surface area contributed by atoms with E-state index in [0.29, 0.717) is 5.78 Å². The molecular weight excluding hydrogens is 188 g/mol. The predicted octanol–water partition coefficient (Wildman–Crippen LogP) is 2.85. The van der Waals surface area contributed by atoms with Crippen molar-refractivity contribution in [2.45, 2.75) is 26.2 Å². The quantitative estimate of drug-likeness (QED) is 0.756. The smallest absolute Gasteiger partial charge is 0.166 e. The molecule has 0 unspecified atom stereocenters. The minimum atomic E-state index is 0.206. The summed E-state index contributed by atoms with van der Waals surface area (Å²) in [4.78, 5) is 11.9. The van der Waals surface area contributed by atoms with Crippen molar-refractivity contribution in [2.24, 2.45) is 5.92 Å². The summed E-state index contributed by atoms with van der Waals surface area (Å²) in [6, 6.07) is 5.75. The van der Waals surface area contributed by atoms with Crippen LogP contribution in [0.4, 0.5) is 0 Å². The van der Waals surface area contributed by atoms with E-state index in [1.165, 1.54) is 0 Å². The molecule has 0 saturated carbocycles. The number of methoxy groups -OCH3 is 1. The lowest BCUT2D eigenvalue weighted by Crippen LogP contribution is -2.07. The summed E-state index contributed by atoms with van der Waals surface area (Å²) in [6.45, 7) is 2.12. The molecular formula is C13H16O2. The lowest BCUT2D eigenvalue weighted by atomic mass is 10.00. The van der Waals surface area contributed by atoms with Crippen molar-refractivity contribution in [3.63, 3.8) is 0 Å². The van der Waals surface area contributed by atoms with E-state index in [9.17, 15) is 4.79 Å². The summed E-state index contributed by atoms with van der Waals surface area (Å²) < 4.78 is 5.16. The van der Waals surface area contributed by atoms with Crippen LogP contribution in [0.15, 0.2) is 18.2 Å². The fourth-order valence-corrected chi connectivity index (χ4v) is 2.27. The van der Waals surface area contributed by atoms with Gasteiger partial charge in [-0.25, -0.2) is 0 Å². The normalized spacial score (nSPS) is 19.1. The van der Waals surface area contributed by atoms with Crippen molar-refractivity contribution < 1.29 is 9.53 Å². The number of benzene rings is 1. The molecule has 0 fully saturated rings. The molecule has 0 N–H and O–H groups in total. The Morgan fingerprint density at radius 2 is 2.27 bits per heavy atom. The molecule has 1 aliphatic carbocycles. The highest BCUT2D eigenvalue weighted by molar-refractivity contribution is 6.02. The Morgan fingerprint density at radius 1 is 1.47 bits per heavy atom. The molecule has 0 spiro atoms. The van der Waals surface area contributed by atoms with Crippen LogP contribution in [-0.4, -0.2) is 12.9 Å². The molecule has 0 heterocycles. The molecule has 0 aromatic heterocycles. The average Bonchev–Trinajstić information content (AvgIpc) is 2.56. The van der Waals surface area contributed by atoms with Crippen LogP contribution in [0.5, 0.6) is 5.75 Å². The third-order valence-electron chi connectivity index (χ3n) is 3.05. The van der Waals surface area contributed by atoms with E-state index in [2.05, 4.69) is 6.92 Å². The van der Waals surface area contributed by atoms with Gasteiger partial charge in [-0.05, 0) is 36.6 Å². The minimum absolute atomic E-state index is 0.206. The fourth-order valence-electron chi connectivity index (χ4n) is 2.27. The van der Waals surface area contributed by atoms with Gasteiger partial charge in [0.15, 0.2) is 5.78 Å². The molecule has 1 atom stereocenters. The number of ether oxygens (including phenoxy) is 1. The summed E-state index contributed by atoms with van der Waals surface area (Å²) >= 11 is 0. The average molecular weight is 204 g/mol. The summed E-state index contributed by atoms with van der Waals surface area (Å²) in [5, 5.41) is 0. The van der Waals surface area contributed by atoms with Gasteiger partial charge in [-0.2, -0.15) is 0 Å². The Morgan fingerprint density at radius 3 is 2.93 bits per heavy atom. The zero-order valence-electron chi connectivity index (χ0n) is 9.25. The molecule has 1 aromatic rings. The predicted molar refractivity (Wildman–Crippen MR) is 59.4 cm³/mol. The second kappa shape index (κ2) is 4.05. The van der Waals surface area contributed by atoms with Crippen molar-refractivity contribution in [1.82, 2.24) is 0 Å². The van der Waals surface area contributed by atoms with Crippen LogP contribution in [0.25, 0.3) is 0 Å². The Kier molecular flexibility index (Phi) is 2.76. The van der Waals surface area contributed by atoms with Gasteiger partial charge in [0.05, 0.1) is 7.11 Å². The van der Waals surface area contributed by atoms with E-state index in [-0.39, 0.29) is 5.92 Å². The molecule has 2 nitrogen and oxygen atoms in total. The first-order valence-electron chi connectivity index (χ1n) is 5.47. The van der Waals surface area contributed by atoms with E-state index in [1.54, 1.807) is 7.11 Å². The SMILES string of the molecule is CCC[C@H]1Cc2cc(OC)ccc2C1=O. The molecule has 2 rings (SSSR count). The number of carbonyl (C=O) groups is 1. The molecule has 0 bridgehead atoms. The van der Waals surface area contributed by atoms with E-state index in [4.69, 9.17) is 4.74 Å². The second-order valence-electron chi connectivity index (χ2n) is 4.08. The standard InChI is InChI=1S/C13H16O2/c1-3-4-9-7-10-8-11(15-2)5-6-12(10)13(9)14/h5-6,8-9H,3-4,7H2,1-2H3/t9-/m0/s1. The van der Waals surface area contributed by atoms with Crippen LogP contribution in [0.2, 0.25) is 0 Å². The third-order valence-corrected chi connectivity index (χ3v) is 3.05. The zero-order chi connectivity index (χ0) is 10.8. The van der Waals surface area contributed by atoms with E-state index >= 15 is 0 Å². The number of hydrogen-bond donors (Lipinski definition) is 0. The number of carbonyl (C=O) groups excluding carboxylic acids is 1. The molecule has 0 aliphatic heterocycles. The van der Waals surface area contributed by atoms with E-state index in [1.807, 2.05) is 18.2 Å².